The molecule has 4 nitrogen and oxygen atoms in total. The molecule has 3 aromatic rings. The Hall–Kier alpha value is -2.27. The minimum Gasteiger partial charge on any atom is -0.304 e. The van der Waals surface area contributed by atoms with E-state index < -0.39 is 0 Å². The van der Waals surface area contributed by atoms with Crippen LogP contribution in [0.15, 0.2) is 59.8 Å². The molecule has 0 saturated carbocycles. The van der Waals surface area contributed by atoms with E-state index in [1.165, 1.54) is 11.1 Å². The van der Waals surface area contributed by atoms with Gasteiger partial charge in [0, 0.05) is 5.56 Å². The Labute approximate surface area is 127 Å². The quantitative estimate of drug-likeness (QED) is 0.784. The van der Waals surface area contributed by atoms with Crippen molar-refractivity contribution >= 4 is 11.8 Å². The summed E-state index contributed by atoms with van der Waals surface area (Å²) in [6.45, 7) is 2.10. The molecule has 0 fully saturated rings. The van der Waals surface area contributed by atoms with Gasteiger partial charge in [0.1, 0.15) is 5.37 Å². The summed E-state index contributed by atoms with van der Waals surface area (Å²) in [5, 5.41) is 9.64. The van der Waals surface area contributed by atoms with Crippen LogP contribution in [0.3, 0.4) is 0 Å². The molecule has 1 aliphatic rings. The number of fused-ring (bicyclic) bond motifs is 1. The van der Waals surface area contributed by atoms with Crippen LogP contribution < -0.4 is 5.43 Å². The Kier molecular flexibility index (Phi) is 2.93. The van der Waals surface area contributed by atoms with Crippen LogP contribution in [0, 0.1) is 6.92 Å². The SMILES string of the molecule is Cc1ccc(C2Nn3c(nnc3-c3ccccc3)S2)cc1. The van der Waals surface area contributed by atoms with Gasteiger partial charge in [-0.25, -0.2) is 4.68 Å². The lowest BCUT2D eigenvalue weighted by Gasteiger charge is -2.12. The highest BCUT2D eigenvalue weighted by atomic mass is 32.2. The van der Waals surface area contributed by atoms with E-state index in [2.05, 4.69) is 46.8 Å². The van der Waals surface area contributed by atoms with Crippen molar-refractivity contribution < 1.29 is 0 Å². The Morgan fingerprint density at radius 3 is 2.52 bits per heavy atom. The highest BCUT2D eigenvalue weighted by Gasteiger charge is 2.27. The molecule has 4 rings (SSSR count). The van der Waals surface area contributed by atoms with E-state index in [0.717, 1.165) is 16.5 Å². The highest BCUT2D eigenvalue weighted by molar-refractivity contribution is 7.99. The second-order valence-corrected chi connectivity index (χ2v) is 6.12. The van der Waals surface area contributed by atoms with Crippen LogP contribution in [-0.4, -0.2) is 14.9 Å². The van der Waals surface area contributed by atoms with Crippen molar-refractivity contribution in [2.45, 2.75) is 17.5 Å². The van der Waals surface area contributed by atoms with Crippen molar-refractivity contribution in [3.8, 4) is 11.4 Å². The molecule has 2 aromatic carbocycles. The largest absolute Gasteiger partial charge is 0.304 e. The van der Waals surface area contributed by atoms with E-state index >= 15 is 0 Å². The first-order valence-corrected chi connectivity index (χ1v) is 7.70. The van der Waals surface area contributed by atoms with Gasteiger partial charge in [-0.05, 0) is 12.5 Å². The van der Waals surface area contributed by atoms with Crippen molar-refractivity contribution in [2.24, 2.45) is 0 Å². The summed E-state index contributed by atoms with van der Waals surface area (Å²) in [6.07, 6.45) is 0. The van der Waals surface area contributed by atoms with Crippen molar-refractivity contribution in [2.75, 3.05) is 5.43 Å². The molecule has 0 amide bonds. The maximum atomic E-state index is 4.28. The second-order valence-electron chi connectivity index (χ2n) is 5.05. The molecule has 0 bridgehead atoms. The van der Waals surface area contributed by atoms with Gasteiger partial charge in [0.2, 0.25) is 5.16 Å². The third-order valence-electron chi connectivity index (χ3n) is 3.52. The zero-order valence-electron chi connectivity index (χ0n) is 11.5. The summed E-state index contributed by atoms with van der Waals surface area (Å²) in [7, 11) is 0. The van der Waals surface area contributed by atoms with E-state index in [1.807, 2.05) is 35.0 Å². The molecule has 1 aromatic heterocycles. The van der Waals surface area contributed by atoms with Gasteiger partial charge in [-0.1, -0.05) is 71.9 Å². The number of rotatable bonds is 2. The van der Waals surface area contributed by atoms with E-state index in [1.54, 1.807) is 11.8 Å². The van der Waals surface area contributed by atoms with E-state index in [0.29, 0.717) is 0 Å². The molecule has 1 atom stereocenters. The number of benzene rings is 2. The molecule has 0 aliphatic carbocycles. The third kappa shape index (κ3) is 2.19. The predicted octanol–water partition coefficient (Wildman–Crippen LogP) is 3.60. The second kappa shape index (κ2) is 4.93. The van der Waals surface area contributed by atoms with Crippen molar-refractivity contribution in [3.05, 3.63) is 65.7 Å². The van der Waals surface area contributed by atoms with E-state index in [4.69, 9.17) is 0 Å². The van der Waals surface area contributed by atoms with E-state index in [-0.39, 0.29) is 5.37 Å². The molecule has 2 heterocycles. The van der Waals surface area contributed by atoms with Crippen molar-refractivity contribution in [1.29, 1.82) is 0 Å². The van der Waals surface area contributed by atoms with Crippen LogP contribution >= 0.6 is 11.8 Å². The molecule has 1 N–H and O–H groups in total. The number of hydrogen-bond donors (Lipinski definition) is 1. The van der Waals surface area contributed by atoms with Gasteiger partial charge in [0.05, 0.1) is 0 Å². The first-order valence-electron chi connectivity index (χ1n) is 6.82. The third-order valence-corrected chi connectivity index (χ3v) is 4.60. The Bertz CT molecular complexity index is 765. The Morgan fingerprint density at radius 1 is 1.00 bits per heavy atom. The predicted molar refractivity (Wildman–Crippen MR) is 84.6 cm³/mol. The fourth-order valence-electron chi connectivity index (χ4n) is 2.37. The van der Waals surface area contributed by atoms with Crippen LogP contribution in [0.5, 0.6) is 0 Å². The molecule has 21 heavy (non-hydrogen) atoms. The first kappa shape index (κ1) is 12.5. The number of thioether (sulfide) groups is 1. The van der Waals surface area contributed by atoms with Gasteiger partial charge < -0.3 is 5.43 Å². The fourth-order valence-corrected chi connectivity index (χ4v) is 3.36. The summed E-state index contributed by atoms with van der Waals surface area (Å²) in [4.78, 5) is 0. The highest BCUT2D eigenvalue weighted by Crippen LogP contribution is 2.39. The van der Waals surface area contributed by atoms with Gasteiger partial charge in [-0.15, -0.1) is 10.2 Å². The van der Waals surface area contributed by atoms with Gasteiger partial charge in [-0.3, -0.25) is 0 Å². The smallest absolute Gasteiger partial charge is 0.212 e. The summed E-state index contributed by atoms with van der Waals surface area (Å²) >= 11 is 1.69. The number of aryl methyl sites for hydroxylation is 1. The summed E-state index contributed by atoms with van der Waals surface area (Å²) in [5.41, 5.74) is 7.05. The first-order chi connectivity index (χ1) is 10.3. The zero-order chi connectivity index (χ0) is 14.2. The average molecular weight is 294 g/mol. The van der Waals surface area contributed by atoms with E-state index in [9.17, 15) is 0 Å². The lowest BCUT2D eigenvalue weighted by Crippen LogP contribution is -2.13. The lowest BCUT2D eigenvalue weighted by atomic mass is 10.1. The van der Waals surface area contributed by atoms with Gasteiger partial charge in [-0.2, -0.15) is 0 Å². The number of aromatic nitrogens is 3. The summed E-state index contributed by atoms with van der Waals surface area (Å²) in [5.74, 6) is 0.854. The lowest BCUT2D eigenvalue weighted by molar-refractivity contribution is 0.792. The Balaban J connectivity index is 1.66. The molecule has 0 saturated heterocycles. The molecule has 5 heteroatoms. The van der Waals surface area contributed by atoms with Gasteiger partial charge in [0.25, 0.3) is 0 Å². The average Bonchev–Trinajstić information content (AvgIpc) is 3.09. The number of nitrogens with zero attached hydrogens (tertiary/aromatic N) is 3. The topological polar surface area (TPSA) is 42.7 Å². The Morgan fingerprint density at radius 2 is 1.76 bits per heavy atom. The molecular weight excluding hydrogens is 280 g/mol. The monoisotopic (exact) mass is 294 g/mol. The molecule has 0 spiro atoms. The van der Waals surface area contributed by atoms with Gasteiger partial charge >= 0.3 is 0 Å². The van der Waals surface area contributed by atoms with Crippen LogP contribution in [0.4, 0.5) is 0 Å². The van der Waals surface area contributed by atoms with Crippen LogP contribution in [0.2, 0.25) is 0 Å². The van der Waals surface area contributed by atoms with Crippen molar-refractivity contribution in [3.63, 3.8) is 0 Å². The maximum absolute atomic E-state index is 4.28. The minimum absolute atomic E-state index is 0.179. The number of hydrogen-bond acceptors (Lipinski definition) is 4. The fraction of sp³-hybridized carbons (Fsp3) is 0.125. The normalized spacial score (nSPS) is 16.5. The van der Waals surface area contributed by atoms with Crippen LogP contribution in [0.25, 0.3) is 11.4 Å². The van der Waals surface area contributed by atoms with Gasteiger partial charge in [0.15, 0.2) is 5.82 Å². The van der Waals surface area contributed by atoms with Crippen LogP contribution in [0.1, 0.15) is 16.5 Å². The van der Waals surface area contributed by atoms with Crippen LogP contribution in [-0.2, 0) is 0 Å². The molecule has 1 aliphatic heterocycles. The number of nitrogens with one attached hydrogen (secondary N) is 1. The maximum Gasteiger partial charge on any atom is 0.212 e. The summed E-state index contributed by atoms with van der Waals surface area (Å²) in [6, 6.07) is 18.7. The summed E-state index contributed by atoms with van der Waals surface area (Å²) < 4.78 is 1.98. The minimum atomic E-state index is 0.179. The molecule has 0 radical (unpaired) electrons. The molecule has 1 unspecified atom stereocenters. The van der Waals surface area contributed by atoms with Crippen molar-refractivity contribution in [1.82, 2.24) is 14.9 Å². The standard InChI is InChI=1S/C16H14N4S/c1-11-7-9-13(10-8-11)15-19-20-14(17-18-16(20)21-15)12-5-3-2-4-6-12/h2-10,15,19H,1H3. The zero-order valence-corrected chi connectivity index (χ0v) is 12.3. The molecular formula is C16H14N4S. The molecule has 104 valence electrons.